The predicted molar refractivity (Wildman–Crippen MR) is 114 cm³/mol. The number of benzene rings is 2. The number of hydrogen-bond acceptors (Lipinski definition) is 5. The van der Waals surface area contributed by atoms with Crippen LogP contribution in [-0.2, 0) is 0 Å². The molecule has 164 valence electrons. The zero-order valence-electron chi connectivity index (χ0n) is 17.3. The molecule has 31 heavy (non-hydrogen) atoms. The highest BCUT2D eigenvalue weighted by Crippen LogP contribution is 2.20. The first-order valence-corrected chi connectivity index (χ1v) is 10.3. The molecule has 2 aromatic rings. The van der Waals surface area contributed by atoms with Crippen molar-refractivity contribution >= 4 is 5.69 Å². The standard InChI is InChI=1S/C11H12FN3.C7H3F2N.C5H11N/c12-10-7-9(8-13)1-2-11(10)15-5-3-14-4-6-15;8-6-2-1-5(4-10)3-7(6)9;1-2-4-6-5-3-1/h1-2,7,14H,3-6H2;1-3H;6H,1-5H2. The van der Waals surface area contributed by atoms with Gasteiger partial charge in [-0.2, -0.15) is 10.5 Å². The lowest BCUT2D eigenvalue weighted by Gasteiger charge is -2.29. The summed E-state index contributed by atoms with van der Waals surface area (Å²) in [4.78, 5) is 1.99. The Hall–Kier alpha value is -3.07. The van der Waals surface area contributed by atoms with Crippen molar-refractivity contribution in [3.8, 4) is 12.1 Å². The highest BCUT2D eigenvalue weighted by Gasteiger charge is 2.14. The van der Waals surface area contributed by atoms with Crippen LogP contribution in [0.5, 0.6) is 0 Å². The molecule has 0 bridgehead atoms. The molecule has 2 saturated heterocycles. The lowest BCUT2D eigenvalue weighted by atomic mass is 10.2. The molecule has 8 heteroatoms. The molecule has 5 nitrogen and oxygen atoms in total. The molecule has 0 spiro atoms. The molecule has 4 rings (SSSR count). The second-order valence-corrected chi connectivity index (χ2v) is 7.07. The Balaban J connectivity index is 0.000000183. The number of rotatable bonds is 1. The van der Waals surface area contributed by atoms with Gasteiger partial charge in [0.1, 0.15) is 5.82 Å². The fourth-order valence-electron chi connectivity index (χ4n) is 3.11. The van der Waals surface area contributed by atoms with Crippen LogP contribution >= 0.6 is 0 Å². The second-order valence-electron chi connectivity index (χ2n) is 7.07. The number of anilines is 1. The Morgan fingerprint density at radius 3 is 1.68 bits per heavy atom. The Morgan fingerprint density at radius 1 is 0.677 bits per heavy atom. The van der Waals surface area contributed by atoms with Gasteiger partial charge in [-0.1, -0.05) is 6.42 Å². The van der Waals surface area contributed by atoms with E-state index in [1.165, 1.54) is 44.5 Å². The first kappa shape index (κ1) is 24.2. The van der Waals surface area contributed by atoms with Gasteiger partial charge in [0.15, 0.2) is 11.6 Å². The maximum Gasteiger partial charge on any atom is 0.160 e. The lowest BCUT2D eigenvalue weighted by Crippen LogP contribution is -2.43. The third-order valence-corrected chi connectivity index (χ3v) is 4.79. The van der Waals surface area contributed by atoms with Gasteiger partial charge in [0.2, 0.25) is 0 Å². The molecule has 2 heterocycles. The summed E-state index contributed by atoms with van der Waals surface area (Å²) in [5, 5.41) is 23.3. The van der Waals surface area contributed by atoms with E-state index in [2.05, 4.69) is 10.6 Å². The number of nitrogens with zero attached hydrogens (tertiary/aromatic N) is 3. The van der Waals surface area contributed by atoms with E-state index in [0.717, 1.165) is 38.3 Å². The van der Waals surface area contributed by atoms with E-state index in [1.807, 2.05) is 11.0 Å². The minimum absolute atomic E-state index is 0.124. The van der Waals surface area contributed by atoms with Crippen LogP contribution in [0, 0.1) is 40.1 Å². The Kier molecular flexibility index (Phi) is 10.4. The SMILES string of the molecule is C1CCNCC1.N#Cc1ccc(F)c(F)c1.N#Cc1ccc(N2CCNCC2)c(F)c1. The van der Waals surface area contributed by atoms with Crippen LogP contribution in [0.2, 0.25) is 0 Å². The average Bonchev–Trinajstić information content (AvgIpc) is 2.83. The first-order chi connectivity index (χ1) is 15.0. The van der Waals surface area contributed by atoms with E-state index in [9.17, 15) is 13.2 Å². The number of piperidine rings is 1. The van der Waals surface area contributed by atoms with Crippen molar-refractivity contribution in [2.75, 3.05) is 44.2 Å². The Labute approximate surface area is 181 Å². The third-order valence-electron chi connectivity index (χ3n) is 4.79. The molecular formula is C23H26F3N5. The summed E-state index contributed by atoms with van der Waals surface area (Å²) in [7, 11) is 0. The number of piperazine rings is 1. The van der Waals surface area contributed by atoms with Gasteiger partial charge in [0.05, 0.1) is 29.0 Å². The van der Waals surface area contributed by atoms with Crippen LogP contribution in [-0.4, -0.2) is 39.3 Å². The molecule has 0 amide bonds. The quantitative estimate of drug-likeness (QED) is 0.723. The van der Waals surface area contributed by atoms with E-state index in [-0.39, 0.29) is 11.4 Å². The van der Waals surface area contributed by atoms with Crippen LogP contribution in [0.15, 0.2) is 36.4 Å². The summed E-state index contributed by atoms with van der Waals surface area (Å²) in [6.45, 7) is 5.87. The predicted octanol–water partition coefficient (Wildman–Crippen LogP) is 3.70. The van der Waals surface area contributed by atoms with Crippen molar-refractivity contribution in [1.29, 1.82) is 10.5 Å². The normalized spacial score (nSPS) is 15.3. The number of nitriles is 2. The molecule has 2 aliphatic heterocycles. The van der Waals surface area contributed by atoms with Crippen molar-refractivity contribution in [2.24, 2.45) is 0 Å². The zero-order valence-corrected chi connectivity index (χ0v) is 17.3. The van der Waals surface area contributed by atoms with Gasteiger partial charge in [0, 0.05) is 26.2 Å². The molecule has 2 aromatic carbocycles. The van der Waals surface area contributed by atoms with Gasteiger partial charge in [-0.15, -0.1) is 0 Å². The molecule has 0 unspecified atom stereocenters. The van der Waals surface area contributed by atoms with E-state index < -0.39 is 11.6 Å². The molecule has 0 aliphatic carbocycles. The van der Waals surface area contributed by atoms with Crippen LogP contribution in [0.3, 0.4) is 0 Å². The fraction of sp³-hybridized carbons (Fsp3) is 0.391. The highest BCUT2D eigenvalue weighted by molar-refractivity contribution is 5.51. The molecule has 0 atom stereocenters. The molecule has 2 fully saturated rings. The molecular weight excluding hydrogens is 403 g/mol. The largest absolute Gasteiger partial charge is 0.367 e. The monoisotopic (exact) mass is 429 g/mol. The summed E-state index contributed by atoms with van der Waals surface area (Å²) < 4.78 is 38.0. The smallest absolute Gasteiger partial charge is 0.160 e. The van der Waals surface area contributed by atoms with Crippen molar-refractivity contribution in [3.63, 3.8) is 0 Å². The zero-order chi connectivity index (χ0) is 22.5. The summed E-state index contributed by atoms with van der Waals surface area (Å²) >= 11 is 0. The molecule has 0 saturated carbocycles. The Morgan fingerprint density at radius 2 is 1.23 bits per heavy atom. The van der Waals surface area contributed by atoms with Crippen molar-refractivity contribution in [3.05, 3.63) is 65.0 Å². The second kappa shape index (κ2) is 13.3. The van der Waals surface area contributed by atoms with E-state index in [1.54, 1.807) is 18.2 Å². The third kappa shape index (κ3) is 8.29. The van der Waals surface area contributed by atoms with E-state index in [4.69, 9.17) is 10.5 Å². The highest BCUT2D eigenvalue weighted by atomic mass is 19.2. The fourth-order valence-corrected chi connectivity index (χ4v) is 3.11. The van der Waals surface area contributed by atoms with Crippen molar-refractivity contribution in [1.82, 2.24) is 10.6 Å². The lowest BCUT2D eigenvalue weighted by molar-refractivity contribution is 0.508. The van der Waals surface area contributed by atoms with Crippen LogP contribution in [0.4, 0.5) is 18.9 Å². The summed E-state index contributed by atoms with van der Waals surface area (Å²) in [6, 6.07) is 11.2. The van der Waals surface area contributed by atoms with Crippen molar-refractivity contribution in [2.45, 2.75) is 19.3 Å². The molecule has 2 aliphatic rings. The van der Waals surface area contributed by atoms with Crippen LogP contribution in [0.1, 0.15) is 30.4 Å². The van der Waals surface area contributed by atoms with Gasteiger partial charge < -0.3 is 15.5 Å². The van der Waals surface area contributed by atoms with E-state index >= 15 is 0 Å². The maximum atomic E-state index is 13.6. The summed E-state index contributed by atoms with van der Waals surface area (Å²) in [5.74, 6) is -2.23. The summed E-state index contributed by atoms with van der Waals surface area (Å²) in [5.41, 5.74) is 1.08. The van der Waals surface area contributed by atoms with Crippen LogP contribution < -0.4 is 15.5 Å². The Bertz CT molecular complexity index is 899. The minimum atomic E-state index is -0.987. The van der Waals surface area contributed by atoms with Gasteiger partial charge in [-0.3, -0.25) is 0 Å². The molecule has 2 N–H and O–H groups in total. The molecule has 0 radical (unpaired) electrons. The number of nitrogens with one attached hydrogen (secondary N) is 2. The topological polar surface area (TPSA) is 74.9 Å². The summed E-state index contributed by atoms with van der Waals surface area (Å²) in [6.07, 6.45) is 4.22. The first-order valence-electron chi connectivity index (χ1n) is 10.3. The van der Waals surface area contributed by atoms with Gasteiger partial charge >= 0.3 is 0 Å². The average molecular weight is 429 g/mol. The van der Waals surface area contributed by atoms with Gasteiger partial charge in [-0.05, 0) is 62.3 Å². The van der Waals surface area contributed by atoms with Crippen LogP contribution in [0.25, 0.3) is 0 Å². The minimum Gasteiger partial charge on any atom is -0.367 e. The van der Waals surface area contributed by atoms with Gasteiger partial charge in [-0.25, -0.2) is 13.2 Å². The number of hydrogen-bond donors (Lipinski definition) is 2. The van der Waals surface area contributed by atoms with Crippen molar-refractivity contribution < 1.29 is 13.2 Å². The van der Waals surface area contributed by atoms with Gasteiger partial charge in [0.25, 0.3) is 0 Å². The van der Waals surface area contributed by atoms with E-state index in [0.29, 0.717) is 11.3 Å². The maximum absolute atomic E-state index is 13.6. The number of halogens is 3. The molecule has 0 aromatic heterocycles.